The molecule has 130 valence electrons. The van der Waals surface area contributed by atoms with Crippen LogP contribution in [-0.4, -0.2) is 34.4 Å². The third-order valence-corrected chi connectivity index (χ3v) is 3.88. The van der Waals surface area contributed by atoms with E-state index in [1.807, 2.05) is 6.07 Å². The predicted molar refractivity (Wildman–Crippen MR) is 89.3 cm³/mol. The van der Waals surface area contributed by atoms with E-state index in [0.29, 0.717) is 23.2 Å². The number of amides is 1. The standard InChI is InChI=1S/C18H18FN3O3/c19-14-4-1-3-13(8-14)17-16(10-21-22-17)18(24)20-9-12(11-23)7-15-5-2-6-25-15/h1-6,8,10,12,23H,7,9,11H2,(H,20,24)(H,21,22)/t12-/m0/s1. The van der Waals surface area contributed by atoms with Gasteiger partial charge in [0.15, 0.2) is 0 Å². The number of carbonyl (C=O) groups excluding carboxylic acids is 1. The van der Waals surface area contributed by atoms with Crippen LogP contribution in [0.1, 0.15) is 16.1 Å². The molecule has 3 N–H and O–H groups in total. The lowest BCUT2D eigenvalue weighted by atomic mass is 10.0. The quantitative estimate of drug-likeness (QED) is 0.614. The van der Waals surface area contributed by atoms with Gasteiger partial charge in [-0.15, -0.1) is 0 Å². The number of furan rings is 1. The van der Waals surface area contributed by atoms with E-state index in [2.05, 4.69) is 15.5 Å². The number of hydrogen-bond donors (Lipinski definition) is 3. The Labute approximate surface area is 143 Å². The topological polar surface area (TPSA) is 91.2 Å². The van der Waals surface area contributed by atoms with E-state index < -0.39 is 5.82 Å². The zero-order valence-corrected chi connectivity index (χ0v) is 13.4. The molecule has 3 aromatic rings. The Bertz CT molecular complexity index is 830. The molecular formula is C18H18FN3O3. The highest BCUT2D eigenvalue weighted by molar-refractivity contribution is 5.99. The van der Waals surface area contributed by atoms with Gasteiger partial charge in [0.2, 0.25) is 0 Å². The number of nitrogens with one attached hydrogen (secondary N) is 2. The summed E-state index contributed by atoms with van der Waals surface area (Å²) < 4.78 is 18.7. The first-order valence-electron chi connectivity index (χ1n) is 7.88. The van der Waals surface area contributed by atoms with Crippen molar-refractivity contribution in [2.75, 3.05) is 13.2 Å². The molecule has 0 aliphatic heterocycles. The van der Waals surface area contributed by atoms with E-state index in [1.54, 1.807) is 24.5 Å². The van der Waals surface area contributed by atoms with Gasteiger partial charge in [-0.2, -0.15) is 5.10 Å². The molecular weight excluding hydrogens is 325 g/mol. The van der Waals surface area contributed by atoms with Crippen LogP contribution < -0.4 is 5.32 Å². The van der Waals surface area contributed by atoms with Gasteiger partial charge in [-0.1, -0.05) is 12.1 Å². The summed E-state index contributed by atoms with van der Waals surface area (Å²) in [7, 11) is 0. The summed E-state index contributed by atoms with van der Waals surface area (Å²) in [5.41, 5.74) is 1.31. The molecule has 1 aromatic carbocycles. The van der Waals surface area contributed by atoms with Crippen molar-refractivity contribution in [3.63, 3.8) is 0 Å². The molecule has 0 unspecified atom stereocenters. The average molecular weight is 343 g/mol. The normalized spacial score (nSPS) is 12.1. The summed E-state index contributed by atoms with van der Waals surface area (Å²) in [4.78, 5) is 12.4. The third-order valence-electron chi connectivity index (χ3n) is 3.88. The maximum absolute atomic E-state index is 13.4. The fourth-order valence-electron chi connectivity index (χ4n) is 2.57. The molecule has 0 saturated carbocycles. The van der Waals surface area contributed by atoms with E-state index in [-0.39, 0.29) is 25.0 Å². The van der Waals surface area contributed by atoms with Crippen LogP contribution in [0, 0.1) is 11.7 Å². The van der Waals surface area contributed by atoms with Crippen LogP contribution in [0.5, 0.6) is 0 Å². The maximum atomic E-state index is 13.4. The Hall–Kier alpha value is -2.93. The van der Waals surface area contributed by atoms with Crippen molar-refractivity contribution in [2.45, 2.75) is 6.42 Å². The van der Waals surface area contributed by atoms with Crippen molar-refractivity contribution in [3.05, 3.63) is 66.0 Å². The fourth-order valence-corrected chi connectivity index (χ4v) is 2.57. The molecule has 0 aliphatic rings. The number of hydrogen-bond acceptors (Lipinski definition) is 4. The Morgan fingerprint density at radius 2 is 2.24 bits per heavy atom. The second-order valence-electron chi connectivity index (χ2n) is 5.71. The Morgan fingerprint density at radius 3 is 2.96 bits per heavy atom. The first-order chi connectivity index (χ1) is 12.2. The molecule has 3 rings (SSSR count). The fraction of sp³-hybridized carbons (Fsp3) is 0.222. The number of benzene rings is 1. The predicted octanol–water partition coefficient (Wildman–Crippen LogP) is 2.39. The van der Waals surface area contributed by atoms with Crippen molar-refractivity contribution in [1.29, 1.82) is 0 Å². The highest BCUT2D eigenvalue weighted by Crippen LogP contribution is 2.21. The zero-order valence-electron chi connectivity index (χ0n) is 13.4. The summed E-state index contributed by atoms with van der Waals surface area (Å²) >= 11 is 0. The zero-order chi connectivity index (χ0) is 17.6. The number of halogens is 1. The first kappa shape index (κ1) is 16.9. The number of aromatic amines is 1. The van der Waals surface area contributed by atoms with Crippen molar-refractivity contribution in [1.82, 2.24) is 15.5 Å². The SMILES string of the molecule is O=C(NC[C@@H](CO)Cc1ccco1)c1cn[nH]c1-c1cccc(F)c1. The van der Waals surface area contributed by atoms with Crippen molar-refractivity contribution in [3.8, 4) is 11.3 Å². The van der Waals surface area contributed by atoms with E-state index in [0.717, 1.165) is 5.76 Å². The summed E-state index contributed by atoms with van der Waals surface area (Å²) in [5.74, 6) is -0.153. The molecule has 2 aromatic heterocycles. The number of aliphatic hydroxyl groups excluding tert-OH is 1. The summed E-state index contributed by atoms with van der Waals surface area (Å²) in [6.07, 6.45) is 3.49. The molecule has 0 spiro atoms. The van der Waals surface area contributed by atoms with Crippen LogP contribution in [0.2, 0.25) is 0 Å². The van der Waals surface area contributed by atoms with Gasteiger partial charge >= 0.3 is 0 Å². The summed E-state index contributed by atoms with van der Waals surface area (Å²) in [6, 6.07) is 9.53. The first-order valence-corrected chi connectivity index (χ1v) is 7.88. The summed E-state index contributed by atoms with van der Waals surface area (Å²) in [6.45, 7) is 0.201. The molecule has 0 saturated heterocycles. The molecule has 25 heavy (non-hydrogen) atoms. The van der Waals surface area contributed by atoms with E-state index in [4.69, 9.17) is 4.42 Å². The number of aromatic nitrogens is 2. The molecule has 0 bridgehead atoms. The van der Waals surface area contributed by atoms with Gasteiger partial charge in [0, 0.05) is 31.1 Å². The number of carbonyl (C=O) groups is 1. The maximum Gasteiger partial charge on any atom is 0.255 e. The van der Waals surface area contributed by atoms with Gasteiger partial charge in [-0.05, 0) is 24.3 Å². The second kappa shape index (κ2) is 7.76. The van der Waals surface area contributed by atoms with Crippen molar-refractivity contribution < 1.29 is 18.7 Å². The smallest absolute Gasteiger partial charge is 0.255 e. The molecule has 0 fully saturated rings. The molecule has 6 nitrogen and oxygen atoms in total. The minimum atomic E-state index is -0.391. The van der Waals surface area contributed by atoms with Gasteiger partial charge in [-0.3, -0.25) is 9.89 Å². The van der Waals surface area contributed by atoms with Crippen LogP contribution in [0.25, 0.3) is 11.3 Å². The Balaban J connectivity index is 1.67. The Morgan fingerprint density at radius 1 is 1.36 bits per heavy atom. The average Bonchev–Trinajstić information content (AvgIpc) is 3.29. The highest BCUT2D eigenvalue weighted by atomic mass is 19.1. The van der Waals surface area contributed by atoms with Crippen molar-refractivity contribution in [2.24, 2.45) is 5.92 Å². The van der Waals surface area contributed by atoms with Crippen LogP contribution >= 0.6 is 0 Å². The molecule has 2 heterocycles. The lowest BCUT2D eigenvalue weighted by Gasteiger charge is -2.14. The van der Waals surface area contributed by atoms with Crippen LogP contribution in [0.3, 0.4) is 0 Å². The molecule has 0 aliphatic carbocycles. The molecule has 0 radical (unpaired) electrons. The highest BCUT2D eigenvalue weighted by Gasteiger charge is 2.18. The number of H-pyrrole nitrogens is 1. The number of rotatable bonds is 7. The lowest BCUT2D eigenvalue weighted by molar-refractivity contribution is 0.0939. The monoisotopic (exact) mass is 343 g/mol. The van der Waals surface area contributed by atoms with Crippen LogP contribution in [-0.2, 0) is 6.42 Å². The largest absolute Gasteiger partial charge is 0.469 e. The van der Waals surface area contributed by atoms with E-state index in [9.17, 15) is 14.3 Å². The van der Waals surface area contributed by atoms with Gasteiger partial charge in [0.25, 0.3) is 5.91 Å². The number of aliphatic hydroxyl groups is 1. The van der Waals surface area contributed by atoms with Gasteiger partial charge < -0.3 is 14.8 Å². The van der Waals surface area contributed by atoms with Gasteiger partial charge in [-0.25, -0.2) is 4.39 Å². The van der Waals surface area contributed by atoms with Crippen LogP contribution in [0.4, 0.5) is 4.39 Å². The minimum absolute atomic E-state index is 0.0802. The van der Waals surface area contributed by atoms with Crippen LogP contribution in [0.15, 0.2) is 53.3 Å². The second-order valence-corrected chi connectivity index (χ2v) is 5.71. The van der Waals surface area contributed by atoms with Crippen molar-refractivity contribution >= 4 is 5.91 Å². The van der Waals surface area contributed by atoms with Gasteiger partial charge in [0.05, 0.1) is 23.7 Å². The number of nitrogens with zero attached hydrogens (tertiary/aromatic N) is 1. The minimum Gasteiger partial charge on any atom is -0.469 e. The molecule has 1 amide bonds. The van der Waals surface area contributed by atoms with E-state index >= 15 is 0 Å². The van der Waals surface area contributed by atoms with E-state index in [1.165, 1.54) is 18.3 Å². The summed E-state index contributed by atoms with van der Waals surface area (Å²) in [5, 5.41) is 18.9. The lowest BCUT2D eigenvalue weighted by Crippen LogP contribution is -2.31. The Kier molecular flexibility index (Phi) is 5.25. The van der Waals surface area contributed by atoms with Gasteiger partial charge in [0.1, 0.15) is 11.6 Å². The third kappa shape index (κ3) is 4.13. The molecule has 1 atom stereocenters. The molecule has 7 heteroatoms.